The van der Waals surface area contributed by atoms with Gasteiger partial charge in [0.05, 0.1) is 0 Å². The molecule has 10 heavy (non-hydrogen) atoms. The van der Waals surface area contributed by atoms with Crippen LogP contribution in [0.25, 0.3) is 0 Å². The minimum atomic E-state index is 1.08. The van der Waals surface area contributed by atoms with Gasteiger partial charge >= 0.3 is 0 Å². The van der Waals surface area contributed by atoms with Crippen LogP contribution in [0.4, 0.5) is 0 Å². The standard InChI is InChI=1S/C4H8.C3H6.C3H4/c1-3-4-2;2*1-3-2/h3H,1,4H2,2H3;3H,1H2,2H3;1-2H2. The zero-order valence-electron chi connectivity index (χ0n) is 7.19. The van der Waals surface area contributed by atoms with Gasteiger partial charge in [-0.05, 0) is 13.3 Å². The second kappa shape index (κ2) is 43.6. The van der Waals surface area contributed by atoms with Crippen LogP contribution in [0.2, 0.25) is 0 Å². The van der Waals surface area contributed by atoms with Gasteiger partial charge in [0.2, 0.25) is 0 Å². The number of allylic oxidation sites excluding steroid dienone is 2. The van der Waals surface area contributed by atoms with E-state index in [1.807, 2.05) is 13.0 Å². The first-order chi connectivity index (χ1) is 4.74. The van der Waals surface area contributed by atoms with Crippen LogP contribution in [-0.4, -0.2) is 0 Å². The molecule has 0 amide bonds. The van der Waals surface area contributed by atoms with Gasteiger partial charge in [-0.1, -0.05) is 32.2 Å². The Morgan fingerprint density at radius 3 is 1.40 bits per heavy atom. The van der Waals surface area contributed by atoms with E-state index in [9.17, 15) is 0 Å². The van der Waals surface area contributed by atoms with E-state index in [0.717, 1.165) is 6.42 Å². The minimum absolute atomic E-state index is 1.08. The van der Waals surface area contributed by atoms with E-state index >= 15 is 0 Å². The van der Waals surface area contributed by atoms with E-state index < -0.39 is 0 Å². The first kappa shape index (κ1) is 16.0. The maximum atomic E-state index is 3.48. The van der Waals surface area contributed by atoms with Gasteiger partial charge in [-0.25, -0.2) is 0 Å². The molecule has 0 spiro atoms. The van der Waals surface area contributed by atoms with Crippen molar-refractivity contribution in [1.82, 2.24) is 0 Å². The molecule has 0 aliphatic heterocycles. The second-order valence-electron chi connectivity index (χ2n) is 1.36. The monoisotopic (exact) mass is 138 g/mol. The molecule has 0 rings (SSSR count). The maximum absolute atomic E-state index is 3.48. The van der Waals surface area contributed by atoms with Gasteiger partial charge in [0, 0.05) is 0 Å². The average Bonchev–Trinajstić information content (AvgIpc) is 1.91. The third kappa shape index (κ3) is 0. The van der Waals surface area contributed by atoms with Gasteiger partial charge in [0.1, 0.15) is 0 Å². The SMILES string of the molecule is C=C=C.C=CC.C=CCC. The summed E-state index contributed by atoms with van der Waals surface area (Å²) in [4.78, 5) is 0. The summed E-state index contributed by atoms with van der Waals surface area (Å²) < 4.78 is 0. The lowest BCUT2D eigenvalue weighted by Gasteiger charge is -1.57. The average molecular weight is 138 g/mol. The van der Waals surface area contributed by atoms with Gasteiger partial charge in [-0.2, -0.15) is 0 Å². The van der Waals surface area contributed by atoms with Gasteiger partial charge in [-0.15, -0.1) is 18.9 Å². The minimum Gasteiger partial charge on any atom is -0.137 e. The molecule has 0 fully saturated rings. The third-order valence-electron chi connectivity index (χ3n) is 0.289. The van der Waals surface area contributed by atoms with Crippen molar-refractivity contribution in [3.63, 3.8) is 0 Å². The Hall–Kier alpha value is -1.00. The molecular weight excluding hydrogens is 120 g/mol. The number of hydrogen-bond acceptors (Lipinski definition) is 0. The zero-order chi connectivity index (χ0) is 8.83. The highest BCUT2D eigenvalue weighted by Crippen LogP contribution is 1.66. The van der Waals surface area contributed by atoms with Crippen molar-refractivity contribution >= 4 is 0 Å². The summed E-state index contributed by atoms with van der Waals surface area (Å²) in [7, 11) is 0. The highest BCUT2D eigenvalue weighted by atomic mass is 13.5. The molecule has 0 heteroatoms. The van der Waals surface area contributed by atoms with Crippen LogP contribution in [0.1, 0.15) is 20.3 Å². The Bertz CT molecular complexity index is 82.2. The highest BCUT2D eigenvalue weighted by molar-refractivity contribution is 4.60. The summed E-state index contributed by atoms with van der Waals surface area (Å²) >= 11 is 0. The Balaban J connectivity index is -0.0000000750. The van der Waals surface area contributed by atoms with Crippen LogP contribution < -0.4 is 0 Å². The molecule has 0 aromatic carbocycles. The molecule has 0 radical (unpaired) electrons. The van der Waals surface area contributed by atoms with Crippen molar-refractivity contribution in [2.75, 3.05) is 0 Å². The molecule has 0 unspecified atom stereocenters. The Morgan fingerprint density at radius 2 is 1.40 bits per heavy atom. The van der Waals surface area contributed by atoms with Gasteiger partial charge in [0.25, 0.3) is 0 Å². The van der Waals surface area contributed by atoms with Crippen LogP contribution in [0.5, 0.6) is 0 Å². The molecule has 0 N–H and O–H groups in total. The predicted molar refractivity (Wildman–Crippen MR) is 51.1 cm³/mol. The molecule has 58 valence electrons. The Morgan fingerprint density at radius 1 is 1.30 bits per heavy atom. The molecular formula is C10H18. The van der Waals surface area contributed by atoms with E-state index in [1.165, 1.54) is 0 Å². The fourth-order valence-electron chi connectivity index (χ4n) is 0. The normalized spacial score (nSPS) is 4.60. The lowest BCUT2D eigenvalue weighted by atomic mass is 10.5. The Kier molecular flexibility index (Phi) is 69.7. The predicted octanol–water partition coefficient (Wildman–Crippen LogP) is 3.73. The Labute approximate surface area is 65.3 Å². The number of rotatable bonds is 1. The topological polar surface area (TPSA) is 0 Å². The van der Waals surface area contributed by atoms with Crippen LogP contribution >= 0.6 is 0 Å². The van der Waals surface area contributed by atoms with E-state index in [-0.39, 0.29) is 0 Å². The highest BCUT2D eigenvalue weighted by Gasteiger charge is 1.45. The molecule has 0 aliphatic carbocycles. The molecule has 0 saturated heterocycles. The summed E-state index contributed by atoms with van der Waals surface area (Å²) in [6, 6.07) is 0. The number of hydrogen-bond donors (Lipinski definition) is 0. The van der Waals surface area contributed by atoms with Crippen molar-refractivity contribution in [1.29, 1.82) is 0 Å². The second-order valence-corrected chi connectivity index (χ2v) is 1.36. The quantitative estimate of drug-likeness (QED) is 0.382. The van der Waals surface area contributed by atoms with E-state index in [0.29, 0.717) is 0 Å². The molecule has 0 aliphatic rings. The molecule has 0 nitrogen and oxygen atoms in total. The lowest BCUT2D eigenvalue weighted by molar-refractivity contribution is 1.23. The van der Waals surface area contributed by atoms with Crippen molar-refractivity contribution in [2.45, 2.75) is 20.3 Å². The first-order valence-electron chi connectivity index (χ1n) is 3.22. The van der Waals surface area contributed by atoms with Gasteiger partial charge in [0.15, 0.2) is 0 Å². The van der Waals surface area contributed by atoms with Crippen LogP contribution in [0.15, 0.2) is 44.2 Å². The van der Waals surface area contributed by atoms with E-state index in [2.05, 4.69) is 39.0 Å². The summed E-state index contributed by atoms with van der Waals surface area (Å²) in [6.07, 6.45) is 4.71. The lowest BCUT2D eigenvalue weighted by Crippen LogP contribution is -1.36. The van der Waals surface area contributed by atoms with E-state index in [4.69, 9.17) is 0 Å². The summed E-state index contributed by atoms with van der Waals surface area (Å²) in [6.45, 7) is 17.0. The van der Waals surface area contributed by atoms with Crippen LogP contribution in [0, 0.1) is 0 Å². The maximum Gasteiger partial charge on any atom is -0.0382 e. The fraction of sp³-hybridized carbons (Fsp3) is 0.300. The van der Waals surface area contributed by atoms with Crippen molar-refractivity contribution in [3.05, 3.63) is 44.2 Å². The zero-order valence-corrected chi connectivity index (χ0v) is 7.19. The summed E-state index contributed by atoms with van der Waals surface area (Å²) in [5.41, 5.74) is 2.25. The molecule has 0 heterocycles. The summed E-state index contributed by atoms with van der Waals surface area (Å²) in [5.74, 6) is 0. The molecule has 0 saturated carbocycles. The molecule has 0 atom stereocenters. The first-order valence-corrected chi connectivity index (χ1v) is 3.22. The fourth-order valence-corrected chi connectivity index (χ4v) is 0. The van der Waals surface area contributed by atoms with Crippen LogP contribution in [-0.2, 0) is 0 Å². The largest absolute Gasteiger partial charge is 0.137 e. The van der Waals surface area contributed by atoms with Crippen LogP contribution in [0.3, 0.4) is 0 Å². The van der Waals surface area contributed by atoms with Gasteiger partial charge < -0.3 is 0 Å². The smallest absolute Gasteiger partial charge is 0.0382 e. The van der Waals surface area contributed by atoms with E-state index in [1.54, 1.807) is 6.08 Å². The molecule has 0 bridgehead atoms. The summed E-state index contributed by atoms with van der Waals surface area (Å²) in [5, 5.41) is 0. The van der Waals surface area contributed by atoms with Crippen molar-refractivity contribution in [3.8, 4) is 0 Å². The molecule has 0 aromatic rings. The van der Waals surface area contributed by atoms with Crippen molar-refractivity contribution < 1.29 is 0 Å². The van der Waals surface area contributed by atoms with Gasteiger partial charge in [-0.3, -0.25) is 0 Å². The molecule has 0 aromatic heterocycles. The third-order valence-corrected chi connectivity index (χ3v) is 0.289. The van der Waals surface area contributed by atoms with Crippen molar-refractivity contribution in [2.24, 2.45) is 0 Å².